The molecule has 1 aliphatic heterocycles. The Bertz CT molecular complexity index is 210. The van der Waals surface area contributed by atoms with E-state index in [1.807, 2.05) is 0 Å². The van der Waals surface area contributed by atoms with Crippen molar-refractivity contribution in [3.8, 4) is 0 Å². The van der Waals surface area contributed by atoms with Crippen LogP contribution in [0.4, 0.5) is 0 Å². The molecular weight excluding hydrogens is 212 g/mol. The van der Waals surface area contributed by atoms with Gasteiger partial charge in [0.15, 0.2) is 0 Å². The van der Waals surface area contributed by atoms with Crippen LogP contribution in [0.3, 0.4) is 0 Å². The van der Waals surface area contributed by atoms with Crippen molar-refractivity contribution in [2.75, 3.05) is 26.2 Å². The lowest BCUT2D eigenvalue weighted by molar-refractivity contribution is -0.121. The number of nitrogens with one attached hydrogen (secondary N) is 1. The van der Waals surface area contributed by atoms with E-state index in [9.17, 15) is 4.79 Å². The van der Waals surface area contributed by atoms with E-state index in [2.05, 4.69) is 24.1 Å². The van der Waals surface area contributed by atoms with Crippen molar-refractivity contribution in [1.82, 2.24) is 10.2 Å². The van der Waals surface area contributed by atoms with Gasteiger partial charge in [0.2, 0.25) is 5.91 Å². The molecule has 1 amide bonds. The molecule has 0 aromatic heterocycles. The van der Waals surface area contributed by atoms with E-state index in [1.165, 1.54) is 25.9 Å². The van der Waals surface area contributed by atoms with Gasteiger partial charge in [-0.1, -0.05) is 20.3 Å². The van der Waals surface area contributed by atoms with Crippen LogP contribution in [-0.4, -0.2) is 37.0 Å². The number of nitrogens with zero attached hydrogens (tertiary/aromatic N) is 1. The Kier molecular flexibility index (Phi) is 7.25. The molecule has 3 nitrogen and oxygen atoms in total. The van der Waals surface area contributed by atoms with Gasteiger partial charge in [-0.15, -0.1) is 0 Å². The van der Waals surface area contributed by atoms with Gasteiger partial charge in [-0.2, -0.15) is 0 Å². The van der Waals surface area contributed by atoms with Gasteiger partial charge in [-0.05, 0) is 51.2 Å². The van der Waals surface area contributed by atoms with E-state index in [0.29, 0.717) is 6.42 Å². The third-order valence-electron chi connectivity index (χ3n) is 3.61. The van der Waals surface area contributed by atoms with Gasteiger partial charge in [-0.25, -0.2) is 0 Å². The molecule has 100 valence electrons. The van der Waals surface area contributed by atoms with Gasteiger partial charge in [0, 0.05) is 13.0 Å². The van der Waals surface area contributed by atoms with Gasteiger partial charge in [0.25, 0.3) is 0 Å². The summed E-state index contributed by atoms with van der Waals surface area (Å²) in [7, 11) is 0. The van der Waals surface area contributed by atoms with E-state index in [1.54, 1.807) is 0 Å². The Labute approximate surface area is 106 Å². The Morgan fingerprint density at radius 1 is 1.29 bits per heavy atom. The molecule has 1 fully saturated rings. The first-order chi connectivity index (χ1) is 8.22. The number of rotatable bonds is 7. The first-order valence-electron chi connectivity index (χ1n) is 7.21. The standard InChI is InChI=1S/C14H28N2O/c1-3-4-6-14(17)15-9-5-10-16-11-7-13(2)8-12-16/h13H,3-12H2,1-2H3,(H,15,17). The topological polar surface area (TPSA) is 32.3 Å². The van der Waals surface area contributed by atoms with Gasteiger partial charge in [-0.3, -0.25) is 4.79 Å². The largest absolute Gasteiger partial charge is 0.356 e. The van der Waals surface area contributed by atoms with Crippen molar-refractivity contribution in [2.24, 2.45) is 5.92 Å². The predicted octanol–water partition coefficient (Wildman–Crippen LogP) is 2.41. The molecule has 0 aliphatic carbocycles. The first kappa shape index (κ1) is 14.5. The van der Waals surface area contributed by atoms with E-state index in [0.717, 1.165) is 38.3 Å². The maximum atomic E-state index is 11.4. The summed E-state index contributed by atoms with van der Waals surface area (Å²) in [5.41, 5.74) is 0. The zero-order chi connectivity index (χ0) is 12.5. The molecule has 0 atom stereocenters. The van der Waals surface area contributed by atoms with Crippen LogP contribution in [0, 0.1) is 5.92 Å². The van der Waals surface area contributed by atoms with Gasteiger partial charge < -0.3 is 10.2 Å². The highest BCUT2D eigenvalue weighted by Crippen LogP contribution is 2.15. The molecule has 1 N–H and O–H groups in total. The van der Waals surface area contributed by atoms with Crippen LogP contribution in [-0.2, 0) is 4.79 Å². The highest BCUT2D eigenvalue weighted by atomic mass is 16.1. The molecule has 3 heteroatoms. The molecule has 0 unspecified atom stereocenters. The van der Waals surface area contributed by atoms with Gasteiger partial charge in [0.1, 0.15) is 0 Å². The minimum atomic E-state index is 0.221. The molecule has 1 rings (SSSR count). The molecule has 0 saturated carbocycles. The van der Waals surface area contributed by atoms with Crippen molar-refractivity contribution < 1.29 is 4.79 Å². The summed E-state index contributed by atoms with van der Waals surface area (Å²) in [5, 5.41) is 3.00. The molecule has 0 aromatic carbocycles. The number of likely N-dealkylation sites (tertiary alicyclic amines) is 1. The van der Waals surface area contributed by atoms with Crippen LogP contribution in [0.1, 0.15) is 52.4 Å². The third kappa shape index (κ3) is 6.67. The molecule has 0 spiro atoms. The van der Waals surface area contributed by atoms with Crippen molar-refractivity contribution >= 4 is 5.91 Å². The van der Waals surface area contributed by atoms with Crippen LogP contribution in [0.5, 0.6) is 0 Å². The fraction of sp³-hybridized carbons (Fsp3) is 0.929. The van der Waals surface area contributed by atoms with Crippen LogP contribution < -0.4 is 5.32 Å². The number of amides is 1. The second-order valence-corrected chi connectivity index (χ2v) is 5.33. The number of hydrogen-bond donors (Lipinski definition) is 1. The Morgan fingerprint density at radius 3 is 2.65 bits per heavy atom. The smallest absolute Gasteiger partial charge is 0.219 e. The second-order valence-electron chi connectivity index (χ2n) is 5.33. The summed E-state index contributed by atoms with van der Waals surface area (Å²) in [6.07, 6.45) is 6.56. The maximum Gasteiger partial charge on any atom is 0.219 e. The Balaban J connectivity index is 1.95. The lowest BCUT2D eigenvalue weighted by Crippen LogP contribution is -2.35. The van der Waals surface area contributed by atoms with Crippen molar-refractivity contribution in [3.05, 3.63) is 0 Å². The molecule has 0 radical (unpaired) electrons. The van der Waals surface area contributed by atoms with E-state index < -0.39 is 0 Å². The summed E-state index contributed by atoms with van der Waals surface area (Å²) in [5.74, 6) is 1.12. The highest BCUT2D eigenvalue weighted by molar-refractivity contribution is 5.75. The summed E-state index contributed by atoms with van der Waals surface area (Å²) in [6.45, 7) is 8.92. The van der Waals surface area contributed by atoms with Crippen LogP contribution in [0.25, 0.3) is 0 Å². The Morgan fingerprint density at radius 2 is 2.00 bits per heavy atom. The minimum Gasteiger partial charge on any atom is -0.356 e. The lowest BCUT2D eigenvalue weighted by atomic mass is 9.99. The normalized spacial score (nSPS) is 18.2. The van der Waals surface area contributed by atoms with Crippen molar-refractivity contribution in [1.29, 1.82) is 0 Å². The zero-order valence-electron chi connectivity index (χ0n) is 11.5. The van der Waals surface area contributed by atoms with Crippen molar-refractivity contribution in [2.45, 2.75) is 52.4 Å². The quantitative estimate of drug-likeness (QED) is 0.693. The molecule has 0 aromatic rings. The fourth-order valence-corrected chi connectivity index (χ4v) is 2.24. The van der Waals surface area contributed by atoms with Gasteiger partial charge in [0.05, 0.1) is 0 Å². The minimum absolute atomic E-state index is 0.221. The first-order valence-corrected chi connectivity index (χ1v) is 7.21. The summed E-state index contributed by atoms with van der Waals surface area (Å²) < 4.78 is 0. The third-order valence-corrected chi connectivity index (χ3v) is 3.61. The average Bonchev–Trinajstić information content (AvgIpc) is 2.34. The average molecular weight is 240 g/mol. The SMILES string of the molecule is CCCCC(=O)NCCCN1CCC(C)CC1. The number of piperidine rings is 1. The number of carbonyl (C=O) groups is 1. The molecule has 1 saturated heterocycles. The zero-order valence-corrected chi connectivity index (χ0v) is 11.5. The monoisotopic (exact) mass is 240 g/mol. The molecule has 0 bridgehead atoms. The summed E-state index contributed by atoms with van der Waals surface area (Å²) in [4.78, 5) is 13.9. The molecular formula is C14H28N2O. The fourth-order valence-electron chi connectivity index (χ4n) is 2.24. The number of hydrogen-bond acceptors (Lipinski definition) is 2. The summed E-state index contributed by atoms with van der Waals surface area (Å²) >= 11 is 0. The van der Waals surface area contributed by atoms with Crippen LogP contribution in [0.15, 0.2) is 0 Å². The molecule has 1 aliphatic rings. The number of unbranched alkanes of at least 4 members (excludes halogenated alkanes) is 1. The Hall–Kier alpha value is -0.570. The van der Waals surface area contributed by atoms with E-state index in [-0.39, 0.29) is 5.91 Å². The van der Waals surface area contributed by atoms with E-state index in [4.69, 9.17) is 0 Å². The second kappa shape index (κ2) is 8.51. The van der Waals surface area contributed by atoms with Crippen molar-refractivity contribution in [3.63, 3.8) is 0 Å². The van der Waals surface area contributed by atoms with Gasteiger partial charge >= 0.3 is 0 Å². The van der Waals surface area contributed by atoms with E-state index >= 15 is 0 Å². The van der Waals surface area contributed by atoms with Crippen LogP contribution >= 0.6 is 0 Å². The highest BCUT2D eigenvalue weighted by Gasteiger charge is 2.14. The van der Waals surface area contributed by atoms with Crippen LogP contribution in [0.2, 0.25) is 0 Å². The maximum absolute atomic E-state index is 11.4. The molecule has 1 heterocycles. The molecule has 17 heavy (non-hydrogen) atoms. The number of carbonyl (C=O) groups excluding carboxylic acids is 1. The summed E-state index contributed by atoms with van der Waals surface area (Å²) in [6, 6.07) is 0. The predicted molar refractivity (Wildman–Crippen MR) is 72.0 cm³/mol. The lowest BCUT2D eigenvalue weighted by Gasteiger charge is -2.30.